The molecule has 2 aromatic carbocycles. The summed E-state index contributed by atoms with van der Waals surface area (Å²) in [6.07, 6.45) is 3.89. The molecule has 96 valence electrons. The minimum Gasteiger partial charge on any atom is -0.198 e. The van der Waals surface area contributed by atoms with Crippen molar-refractivity contribution in [1.82, 2.24) is 0 Å². The van der Waals surface area contributed by atoms with Gasteiger partial charge in [0.2, 0.25) is 0 Å². The first-order chi connectivity index (χ1) is 9.38. The lowest BCUT2D eigenvalue weighted by atomic mass is 9.94. The van der Waals surface area contributed by atoms with E-state index in [1.54, 1.807) is 0 Å². The molecule has 0 amide bonds. The summed E-state index contributed by atoms with van der Waals surface area (Å²) in [5.74, 6) is 0.153. The van der Waals surface area contributed by atoms with Crippen molar-refractivity contribution in [2.45, 2.75) is 25.7 Å². The fraction of sp³-hybridized carbons (Fsp3) is 0.278. The van der Waals surface area contributed by atoms with E-state index in [1.807, 2.05) is 12.1 Å². The summed E-state index contributed by atoms with van der Waals surface area (Å²) in [7, 11) is 0. The topological polar surface area (TPSA) is 23.8 Å². The fourth-order valence-electron chi connectivity index (χ4n) is 2.24. The monoisotopic (exact) mass is 249 g/mol. The Morgan fingerprint density at radius 3 is 1.53 bits per heavy atom. The minimum atomic E-state index is 0.153. The molecule has 1 heteroatoms. The van der Waals surface area contributed by atoms with Gasteiger partial charge in [0.25, 0.3) is 0 Å². The summed E-state index contributed by atoms with van der Waals surface area (Å²) in [5, 5.41) is 9.23. The van der Waals surface area contributed by atoms with Gasteiger partial charge in [-0.2, -0.15) is 5.26 Å². The molecule has 0 radical (unpaired) electrons. The predicted octanol–water partition coefficient (Wildman–Crippen LogP) is 4.39. The van der Waals surface area contributed by atoms with Gasteiger partial charge in [-0.15, -0.1) is 0 Å². The average molecular weight is 249 g/mol. The molecule has 0 atom stereocenters. The molecule has 0 N–H and O–H groups in total. The van der Waals surface area contributed by atoms with Gasteiger partial charge in [0.15, 0.2) is 0 Å². The van der Waals surface area contributed by atoms with E-state index in [0.29, 0.717) is 0 Å². The van der Waals surface area contributed by atoms with Gasteiger partial charge in [-0.05, 0) is 36.8 Å². The maximum atomic E-state index is 9.23. The summed E-state index contributed by atoms with van der Waals surface area (Å²) in [6, 6.07) is 23.2. The van der Waals surface area contributed by atoms with Gasteiger partial charge in [-0.1, -0.05) is 60.7 Å². The third-order valence-corrected chi connectivity index (χ3v) is 3.43. The Hall–Kier alpha value is -2.07. The lowest BCUT2D eigenvalue weighted by Crippen LogP contribution is -2.01. The van der Waals surface area contributed by atoms with Crippen LogP contribution in [0.1, 0.15) is 24.0 Å². The van der Waals surface area contributed by atoms with Crippen LogP contribution in [0.2, 0.25) is 0 Å². The lowest BCUT2D eigenvalue weighted by Gasteiger charge is -2.09. The quantitative estimate of drug-likeness (QED) is 0.744. The summed E-state index contributed by atoms with van der Waals surface area (Å²) in [4.78, 5) is 0. The summed E-state index contributed by atoms with van der Waals surface area (Å²) in [6.45, 7) is 0. The molecular formula is C18H19N. The van der Waals surface area contributed by atoms with Gasteiger partial charge in [0, 0.05) is 5.92 Å². The predicted molar refractivity (Wildman–Crippen MR) is 78.6 cm³/mol. The zero-order chi connectivity index (χ0) is 13.3. The van der Waals surface area contributed by atoms with Crippen molar-refractivity contribution in [2.24, 2.45) is 5.92 Å². The van der Waals surface area contributed by atoms with Crippen LogP contribution in [-0.2, 0) is 12.8 Å². The van der Waals surface area contributed by atoms with Crippen molar-refractivity contribution >= 4 is 0 Å². The van der Waals surface area contributed by atoms with Crippen molar-refractivity contribution in [3.8, 4) is 6.07 Å². The lowest BCUT2D eigenvalue weighted by molar-refractivity contribution is 0.556. The largest absolute Gasteiger partial charge is 0.198 e. The molecule has 0 fully saturated rings. The van der Waals surface area contributed by atoms with E-state index in [1.165, 1.54) is 11.1 Å². The highest BCUT2D eigenvalue weighted by Crippen LogP contribution is 2.15. The highest BCUT2D eigenvalue weighted by molar-refractivity contribution is 5.16. The van der Waals surface area contributed by atoms with E-state index in [0.717, 1.165) is 25.7 Å². The first-order valence-corrected chi connectivity index (χ1v) is 6.86. The van der Waals surface area contributed by atoms with Crippen LogP contribution >= 0.6 is 0 Å². The Morgan fingerprint density at radius 1 is 0.737 bits per heavy atom. The van der Waals surface area contributed by atoms with Gasteiger partial charge < -0.3 is 0 Å². The first kappa shape index (κ1) is 13.4. The third kappa shape index (κ3) is 4.60. The van der Waals surface area contributed by atoms with Gasteiger partial charge in [-0.25, -0.2) is 0 Å². The molecule has 0 saturated carbocycles. The molecule has 0 aromatic heterocycles. The molecule has 19 heavy (non-hydrogen) atoms. The summed E-state index contributed by atoms with van der Waals surface area (Å²) >= 11 is 0. The van der Waals surface area contributed by atoms with Crippen LogP contribution in [0.4, 0.5) is 0 Å². The number of nitrogens with zero attached hydrogens (tertiary/aromatic N) is 1. The minimum absolute atomic E-state index is 0.153. The third-order valence-electron chi connectivity index (χ3n) is 3.43. The number of aryl methyl sites for hydroxylation is 2. The maximum absolute atomic E-state index is 9.23. The van der Waals surface area contributed by atoms with Crippen LogP contribution in [0.25, 0.3) is 0 Å². The van der Waals surface area contributed by atoms with Crippen LogP contribution in [0.5, 0.6) is 0 Å². The van der Waals surface area contributed by atoms with Gasteiger partial charge in [0.05, 0.1) is 6.07 Å². The highest BCUT2D eigenvalue weighted by Gasteiger charge is 2.08. The molecule has 0 aliphatic carbocycles. The van der Waals surface area contributed by atoms with Crippen molar-refractivity contribution in [1.29, 1.82) is 5.26 Å². The Kier molecular flexibility index (Phi) is 5.19. The Balaban J connectivity index is 1.80. The standard InChI is InChI=1S/C18H19N/c19-15-18(13-11-16-7-3-1-4-8-16)14-12-17-9-5-2-6-10-17/h1-10,18H,11-14H2. The number of hydrogen-bond acceptors (Lipinski definition) is 1. The Bertz CT molecular complexity index is 467. The maximum Gasteiger partial charge on any atom is 0.0656 e. The molecular weight excluding hydrogens is 230 g/mol. The Labute approximate surface area is 115 Å². The molecule has 0 spiro atoms. The van der Waals surface area contributed by atoms with Crippen molar-refractivity contribution in [3.05, 3.63) is 71.8 Å². The molecule has 2 aromatic rings. The Morgan fingerprint density at radius 2 is 1.16 bits per heavy atom. The molecule has 1 nitrogen and oxygen atoms in total. The van der Waals surface area contributed by atoms with E-state index in [9.17, 15) is 5.26 Å². The van der Waals surface area contributed by atoms with E-state index in [2.05, 4.69) is 54.6 Å². The molecule has 2 rings (SSSR count). The smallest absolute Gasteiger partial charge is 0.0656 e. The molecule has 0 aliphatic rings. The summed E-state index contributed by atoms with van der Waals surface area (Å²) in [5.41, 5.74) is 2.64. The van der Waals surface area contributed by atoms with Crippen LogP contribution in [-0.4, -0.2) is 0 Å². The van der Waals surface area contributed by atoms with E-state index in [-0.39, 0.29) is 5.92 Å². The number of hydrogen-bond donors (Lipinski definition) is 0. The van der Waals surface area contributed by atoms with Crippen molar-refractivity contribution in [2.75, 3.05) is 0 Å². The number of nitriles is 1. The zero-order valence-electron chi connectivity index (χ0n) is 11.1. The van der Waals surface area contributed by atoms with Crippen LogP contribution in [0.3, 0.4) is 0 Å². The number of benzene rings is 2. The second-order valence-electron chi connectivity index (χ2n) is 4.87. The van der Waals surface area contributed by atoms with Gasteiger partial charge >= 0.3 is 0 Å². The van der Waals surface area contributed by atoms with Crippen molar-refractivity contribution < 1.29 is 0 Å². The average Bonchev–Trinajstić information content (AvgIpc) is 2.49. The molecule has 0 saturated heterocycles. The molecule has 0 aliphatic heterocycles. The van der Waals surface area contributed by atoms with E-state index in [4.69, 9.17) is 0 Å². The SMILES string of the molecule is N#CC(CCc1ccccc1)CCc1ccccc1. The van der Waals surface area contributed by atoms with Gasteiger partial charge in [-0.3, -0.25) is 0 Å². The molecule has 0 bridgehead atoms. The summed E-state index contributed by atoms with van der Waals surface area (Å²) < 4.78 is 0. The fourth-order valence-corrected chi connectivity index (χ4v) is 2.24. The van der Waals surface area contributed by atoms with Crippen LogP contribution in [0, 0.1) is 17.2 Å². The van der Waals surface area contributed by atoms with Crippen molar-refractivity contribution in [3.63, 3.8) is 0 Å². The second-order valence-corrected chi connectivity index (χ2v) is 4.87. The second kappa shape index (κ2) is 7.38. The van der Waals surface area contributed by atoms with Gasteiger partial charge in [0.1, 0.15) is 0 Å². The molecule has 0 heterocycles. The molecule has 0 unspecified atom stereocenters. The van der Waals surface area contributed by atoms with E-state index < -0.39 is 0 Å². The van der Waals surface area contributed by atoms with E-state index >= 15 is 0 Å². The van der Waals surface area contributed by atoms with Crippen LogP contribution < -0.4 is 0 Å². The highest BCUT2D eigenvalue weighted by atomic mass is 14.3. The van der Waals surface area contributed by atoms with Crippen LogP contribution in [0.15, 0.2) is 60.7 Å². The normalized spacial score (nSPS) is 10.3. The number of rotatable bonds is 6. The first-order valence-electron chi connectivity index (χ1n) is 6.86. The zero-order valence-corrected chi connectivity index (χ0v) is 11.1.